The minimum atomic E-state index is -0.403. The number of hydrogen-bond acceptors (Lipinski definition) is 4. The fourth-order valence-electron chi connectivity index (χ4n) is 1.56. The van der Waals surface area contributed by atoms with Gasteiger partial charge in [0.15, 0.2) is 0 Å². The Morgan fingerprint density at radius 1 is 1.44 bits per heavy atom. The van der Waals surface area contributed by atoms with Crippen LogP contribution in [-0.4, -0.2) is 36.0 Å². The van der Waals surface area contributed by atoms with Crippen molar-refractivity contribution in [3.63, 3.8) is 0 Å². The molecule has 1 aromatic rings. The third kappa shape index (κ3) is 3.61. The van der Waals surface area contributed by atoms with Crippen LogP contribution in [0.3, 0.4) is 0 Å². The van der Waals surface area contributed by atoms with Crippen molar-refractivity contribution in [3.05, 3.63) is 23.7 Å². The van der Waals surface area contributed by atoms with E-state index in [1.807, 2.05) is 13.8 Å². The maximum absolute atomic E-state index is 12.2. The Morgan fingerprint density at radius 3 is 2.56 bits per heavy atom. The van der Waals surface area contributed by atoms with E-state index in [4.69, 9.17) is 9.15 Å². The van der Waals surface area contributed by atoms with Crippen LogP contribution in [0, 0.1) is 6.92 Å². The van der Waals surface area contributed by atoms with E-state index < -0.39 is 5.97 Å². The summed E-state index contributed by atoms with van der Waals surface area (Å²) in [5.41, 5.74) is 0.450. The van der Waals surface area contributed by atoms with E-state index in [2.05, 4.69) is 0 Å². The highest BCUT2D eigenvalue weighted by Crippen LogP contribution is 2.12. The van der Waals surface area contributed by atoms with Crippen molar-refractivity contribution >= 4 is 11.9 Å². The van der Waals surface area contributed by atoms with Gasteiger partial charge in [-0.25, -0.2) is 0 Å². The van der Waals surface area contributed by atoms with Crippen LogP contribution in [0.5, 0.6) is 0 Å². The average Bonchev–Trinajstić information content (AvgIpc) is 2.72. The van der Waals surface area contributed by atoms with Crippen molar-refractivity contribution in [2.24, 2.45) is 0 Å². The Balaban J connectivity index is 2.79. The zero-order valence-electron chi connectivity index (χ0n) is 11.2. The van der Waals surface area contributed by atoms with Gasteiger partial charge in [0, 0.05) is 6.04 Å². The Hall–Kier alpha value is -1.78. The third-order valence-corrected chi connectivity index (χ3v) is 2.47. The molecular formula is C13H19NO4. The predicted molar refractivity (Wildman–Crippen MR) is 66.3 cm³/mol. The summed E-state index contributed by atoms with van der Waals surface area (Å²) in [5, 5.41) is 0. The van der Waals surface area contributed by atoms with E-state index in [1.54, 1.807) is 19.9 Å². The summed E-state index contributed by atoms with van der Waals surface area (Å²) < 4.78 is 9.96. The normalized spacial score (nSPS) is 10.5. The van der Waals surface area contributed by atoms with E-state index in [1.165, 1.54) is 11.2 Å². The molecule has 0 bridgehead atoms. The predicted octanol–water partition coefficient (Wildman–Crippen LogP) is 2.00. The molecule has 5 heteroatoms. The van der Waals surface area contributed by atoms with Crippen LogP contribution in [0.4, 0.5) is 0 Å². The van der Waals surface area contributed by atoms with E-state index in [9.17, 15) is 9.59 Å². The molecule has 0 aromatic carbocycles. The number of carbonyl (C=O) groups excluding carboxylic acids is 2. The first-order valence-electron chi connectivity index (χ1n) is 5.97. The second-order valence-electron chi connectivity index (χ2n) is 4.28. The first kappa shape index (κ1) is 14.3. The number of carbonyl (C=O) groups is 2. The third-order valence-electron chi connectivity index (χ3n) is 2.47. The van der Waals surface area contributed by atoms with Crippen LogP contribution in [0.1, 0.15) is 36.9 Å². The maximum Gasteiger partial charge on any atom is 0.325 e. The van der Waals surface area contributed by atoms with Crippen molar-refractivity contribution in [1.82, 2.24) is 4.90 Å². The van der Waals surface area contributed by atoms with Crippen LogP contribution < -0.4 is 0 Å². The standard InChI is InChI=1S/C13H19NO4/c1-5-17-12(15)7-14(9(2)3)13(16)11-6-10(4)18-8-11/h6,8-9H,5,7H2,1-4H3. The number of esters is 1. The van der Waals surface area contributed by atoms with Gasteiger partial charge in [-0.2, -0.15) is 0 Å². The zero-order chi connectivity index (χ0) is 13.7. The second-order valence-corrected chi connectivity index (χ2v) is 4.28. The van der Waals surface area contributed by atoms with Gasteiger partial charge in [0.25, 0.3) is 5.91 Å². The molecule has 0 aliphatic heterocycles. The summed E-state index contributed by atoms with van der Waals surface area (Å²) in [6, 6.07) is 1.57. The molecule has 1 heterocycles. The van der Waals surface area contributed by atoms with Gasteiger partial charge in [0.1, 0.15) is 18.6 Å². The Morgan fingerprint density at radius 2 is 2.11 bits per heavy atom. The number of rotatable bonds is 5. The molecule has 0 fully saturated rings. The van der Waals surface area contributed by atoms with Crippen LogP contribution in [0.2, 0.25) is 0 Å². The molecule has 100 valence electrons. The monoisotopic (exact) mass is 253 g/mol. The van der Waals surface area contributed by atoms with Crippen molar-refractivity contribution in [2.45, 2.75) is 33.7 Å². The SMILES string of the molecule is CCOC(=O)CN(C(=O)c1coc(C)c1)C(C)C. The molecule has 0 N–H and O–H groups in total. The number of hydrogen-bond donors (Lipinski definition) is 0. The summed E-state index contributed by atoms with van der Waals surface area (Å²) in [6.45, 7) is 7.47. The van der Waals surface area contributed by atoms with E-state index in [0.29, 0.717) is 17.9 Å². The molecule has 5 nitrogen and oxygen atoms in total. The van der Waals surface area contributed by atoms with Crippen LogP contribution >= 0.6 is 0 Å². The van der Waals surface area contributed by atoms with Crippen molar-refractivity contribution in [2.75, 3.05) is 13.2 Å². The molecule has 1 amide bonds. The summed E-state index contributed by atoms with van der Waals surface area (Å²) in [4.78, 5) is 25.1. The highest BCUT2D eigenvalue weighted by atomic mass is 16.5. The number of nitrogens with zero attached hydrogens (tertiary/aromatic N) is 1. The fraction of sp³-hybridized carbons (Fsp3) is 0.538. The number of ether oxygens (including phenoxy) is 1. The van der Waals surface area contributed by atoms with Gasteiger partial charge >= 0.3 is 5.97 Å². The van der Waals surface area contributed by atoms with Crippen LogP contribution in [0.25, 0.3) is 0 Å². The van der Waals surface area contributed by atoms with Crippen molar-refractivity contribution in [1.29, 1.82) is 0 Å². The molecule has 0 atom stereocenters. The van der Waals surface area contributed by atoms with Gasteiger partial charge in [0.05, 0.1) is 12.2 Å². The van der Waals surface area contributed by atoms with Gasteiger partial charge < -0.3 is 14.1 Å². The lowest BCUT2D eigenvalue weighted by molar-refractivity contribution is -0.144. The average molecular weight is 253 g/mol. The van der Waals surface area contributed by atoms with E-state index in [-0.39, 0.29) is 18.5 Å². The van der Waals surface area contributed by atoms with Crippen molar-refractivity contribution in [3.8, 4) is 0 Å². The first-order chi connectivity index (χ1) is 8.45. The number of amides is 1. The van der Waals surface area contributed by atoms with Crippen LogP contribution in [-0.2, 0) is 9.53 Å². The highest BCUT2D eigenvalue weighted by Gasteiger charge is 2.23. The van der Waals surface area contributed by atoms with Gasteiger partial charge in [-0.15, -0.1) is 0 Å². The van der Waals surface area contributed by atoms with Gasteiger partial charge in [-0.05, 0) is 33.8 Å². The van der Waals surface area contributed by atoms with Crippen molar-refractivity contribution < 1.29 is 18.7 Å². The van der Waals surface area contributed by atoms with E-state index >= 15 is 0 Å². The lowest BCUT2D eigenvalue weighted by Gasteiger charge is -2.25. The Labute approximate surface area is 107 Å². The zero-order valence-corrected chi connectivity index (χ0v) is 11.2. The Kier molecular flexibility index (Phi) is 4.95. The summed E-state index contributed by atoms with van der Waals surface area (Å²) in [7, 11) is 0. The summed E-state index contributed by atoms with van der Waals surface area (Å²) >= 11 is 0. The van der Waals surface area contributed by atoms with Gasteiger partial charge in [-0.1, -0.05) is 0 Å². The molecule has 1 rings (SSSR count). The molecule has 0 aliphatic carbocycles. The molecule has 0 spiro atoms. The molecule has 0 aliphatic rings. The first-order valence-corrected chi connectivity index (χ1v) is 5.97. The smallest absolute Gasteiger partial charge is 0.325 e. The van der Waals surface area contributed by atoms with Gasteiger partial charge in [0.2, 0.25) is 0 Å². The lowest BCUT2D eigenvalue weighted by atomic mass is 10.2. The minimum absolute atomic E-state index is 0.0471. The minimum Gasteiger partial charge on any atom is -0.469 e. The fourth-order valence-corrected chi connectivity index (χ4v) is 1.56. The molecule has 0 unspecified atom stereocenters. The maximum atomic E-state index is 12.2. The topological polar surface area (TPSA) is 59.8 Å². The number of aryl methyl sites for hydroxylation is 1. The molecule has 0 radical (unpaired) electrons. The van der Waals surface area contributed by atoms with Crippen LogP contribution in [0.15, 0.2) is 16.7 Å². The lowest BCUT2D eigenvalue weighted by Crippen LogP contribution is -2.41. The quantitative estimate of drug-likeness (QED) is 0.753. The molecule has 1 aromatic heterocycles. The molecule has 0 saturated carbocycles. The second kappa shape index (κ2) is 6.23. The molecule has 0 saturated heterocycles. The number of furan rings is 1. The summed E-state index contributed by atoms with van der Waals surface area (Å²) in [6.07, 6.45) is 1.40. The van der Waals surface area contributed by atoms with E-state index in [0.717, 1.165) is 0 Å². The molecular weight excluding hydrogens is 234 g/mol. The highest BCUT2D eigenvalue weighted by molar-refractivity contribution is 5.96. The Bertz CT molecular complexity index is 422. The molecule has 18 heavy (non-hydrogen) atoms. The summed E-state index contributed by atoms with van der Waals surface area (Å²) in [5.74, 6) is 0.0351. The largest absolute Gasteiger partial charge is 0.469 e. The van der Waals surface area contributed by atoms with Gasteiger partial charge in [-0.3, -0.25) is 9.59 Å².